The number of ether oxygens (including phenoxy) is 2. The summed E-state index contributed by atoms with van der Waals surface area (Å²) in [5, 5.41) is 40.2. The van der Waals surface area contributed by atoms with Crippen LogP contribution in [0.15, 0.2) is 12.1 Å². The van der Waals surface area contributed by atoms with Crippen molar-refractivity contribution in [3.63, 3.8) is 0 Å². The van der Waals surface area contributed by atoms with Crippen LogP contribution in [0.25, 0.3) is 0 Å². The minimum Gasteiger partial charge on any atom is -0.480 e. The van der Waals surface area contributed by atoms with Crippen molar-refractivity contribution in [3.8, 4) is 0 Å². The summed E-state index contributed by atoms with van der Waals surface area (Å²) < 4.78 is 14.2. The number of carboxylic acid groups (broad SMARTS) is 4. The normalized spacial score (nSPS) is 9.90. The van der Waals surface area contributed by atoms with Crippen molar-refractivity contribution in [2.24, 2.45) is 0 Å². The average molecular weight is 1240 g/mol. The van der Waals surface area contributed by atoms with Crippen LogP contribution in [-0.2, 0) is 19.1 Å². The van der Waals surface area contributed by atoms with Crippen molar-refractivity contribution in [1.29, 1.82) is 0 Å². The van der Waals surface area contributed by atoms with Gasteiger partial charge in [-0.25, -0.2) is 19.2 Å². The highest BCUT2D eigenvalue weighted by molar-refractivity contribution is 14.1. The van der Waals surface area contributed by atoms with Crippen LogP contribution >= 0.6 is 136 Å². The number of aliphatic carboxylic acids is 2. The molecule has 0 spiro atoms. The predicted molar refractivity (Wildman–Crippen MR) is 199 cm³/mol. The molecule has 0 unspecified atom stereocenters. The Kier molecular flexibility index (Phi) is 21.1. The van der Waals surface area contributed by atoms with Crippen LogP contribution in [0.5, 0.6) is 0 Å². The van der Waals surface area contributed by atoms with Gasteiger partial charge in [-0.3, -0.25) is 0 Å². The van der Waals surface area contributed by atoms with Gasteiger partial charge in [0.15, 0.2) is 0 Å². The number of rotatable bonds is 11. The zero-order chi connectivity index (χ0) is 31.2. The maximum Gasteiger partial charge on any atom is 0.337 e. The molecule has 2 rings (SSSR count). The lowest BCUT2D eigenvalue weighted by Crippen LogP contribution is -2.14. The molecule has 0 aliphatic rings. The Morgan fingerprint density at radius 1 is 0.625 bits per heavy atom. The van der Waals surface area contributed by atoms with Gasteiger partial charge in [-0.1, -0.05) is 0 Å². The lowest BCUT2D eigenvalue weighted by atomic mass is 10.2. The summed E-state index contributed by atoms with van der Waals surface area (Å²) in [6, 6.07) is 3.72. The molecule has 2 aromatic carbocycles. The molecule has 12 nitrogen and oxygen atoms in total. The number of anilines is 2. The predicted octanol–water partition coefficient (Wildman–Crippen LogP) is 5.67. The molecular formula is C22H22I6N2O10. The van der Waals surface area contributed by atoms with Gasteiger partial charge in [0.25, 0.3) is 0 Å². The van der Waals surface area contributed by atoms with Crippen LogP contribution in [0.3, 0.4) is 0 Å². The van der Waals surface area contributed by atoms with Crippen LogP contribution in [0.1, 0.15) is 20.7 Å². The zero-order valence-electron chi connectivity index (χ0n) is 20.5. The monoisotopic (exact) mass is 1240 g/mol. The highest BCUT2D eigenvalue weighted by Crippen LogP contribution is 2.32. The summed E-state index contributed by atoms with van der Waals surface area (Å²) in [5.41, 5.74) is 2.50. The molecule has 0 aromatic heterocycles. The SMILES string of the molecule is CNc1c(I)cc(I)c(C(=O)O)c1I.CNc1c(I)cc(I)c(C(=O)O)c1I.O=C(O)COCCOCC(=O)O. The maximum atomic E-state index is 11.0. The van der Waals surface area contributed by atoms with E-state index < -0.39 is 37.1 Å². The Morgan fingerprint density at radius 2 is 0.925 bits per heavy atom. The van der Waals surface area contributed by atoms with Gasteiger partial charge in [-0.2, -0.15) is 0 Å². The van der Waals surface area contributed by atoms with Gasteiger partial charge in [0.2, 0.25) is 0 Å². The first-order valence-corrected chi connectivity index (χ1v) is 16.8. The van der Waals surface area contributed by atoms with Crippen molar-refractivity contribution in [2.45, 2.75) is 0 Å². The van der Waals surface area contributed by atoms with Crippen LogP contribution in [0.4, 0.5) is 11.4 Å². The van der Waals surface area contributed by atoms with Gasteiger partial charge in [0.05, 0.1) is 42.9 Å². The molecular weight excluding hydrogens is 1210 g/mol. The minimum atomic E-state index is -1.06. The van der Waals surface area contributed by atoms with E-state index in [-0.39, 0.29) is 13.2 Å². The number of hydrogen-bond donors (Lipinski definition) is 6. The molecule has 0 fully saturated rings. The molecule has 222 valence electrons. The molecule has 2 aromatic rings. The fourth-order valence-electron chi connectivity index (χ4n) is 2.47. The number of halogens is 6. The molecule has 0 saturated carbocycles. The second-order valence-electron chi connectivity index (χ2n) is 6.81. The number of carboxylic acids is 4. The standard InChI is InChI=1S/2C8H6I3NO2.C6H10O6/c2*1-12-7-4(10)2-3(9)5(6(7)11)8(13)14;7-5(8)3-11-1-2-12-4-6(9)10/h2*2,12H,1H3,(H,13,14);1-4H2,(H,7,8)(H,9,10). The van der Waals surface area contributed by atoms with E-state index in [1.165, 1.54) is 0 Å². The summed E-state index contributed by atoms with van der Waals surface area (Å²) in [7, 11) is 3.58. The minimum absolute atomic E-state index is 0.0829. The van der Waals surface area contributed by atoms with E-state index in [9.17, 15) is 19.2 Å². The third-order valence-electron chi connectivity index (χ3n) is 4.09. The second kappa shape index (κ2) is 21.0. The summed E-state index contributed by atoms with van der Waals surface area (Å²) in [6.07, 6.45) is 0. The smallest absolute Gasteiger partial charge is 0.337 e. The van der Waals surface area contributed by atoms with Gasteiger partial charge in [-0.05, 0) is 148 Å². The highest BCUT2D eigenvalue weighted by atomic mass is 127. The second-order valence-corrected chi connectivity index (χ2v) is 13.6. The molecule has 0 bridgehead atoms. The fraction of sp³-hybridized carbons (Fsp3) is 0.273. The lowest BCUT2D eigenvalue weighted by molar-refractivity contribution is -0.146. The van der Waals surface area contributed by atoms with Gasteiger partial charge in [0.1, 0.15) is 13.2 Å². The molecule has 18 heteroatoms. The number of aromatic carboxylic acids is 2. The molecule has 0 radical (unpaired) electrons. The Bertz CT molecular complexity index is 1140. The van der Waals surface area contributed by atoms with Crippen LogP contribution in [-0.4, -0.2) is 84.8 Å². The molecule has 6 N–H and O–H groups in total. The van der Waals surface area contributed by atoms with Crippen molar-refractivity contribution < 1.29 is 49.1 Å². The summed E-state index contributed by atoms with van der Waals surface area (Å²) >= 11 is 12.6. The van der Waals surface area contributed by atoms with Crippen molar-refractivity contribution in [3.05, 3.63) is 44.7 Å². The quantitative estimate of drug-likeness (QED) is 0.120. The van der Waals surface area contributed by atoms with Gasteiger partial charge in [0, 0.05) is 28.4 Å². The zero-order valence-corrected chi connectivity index (χ0v) is 33.4. The fourth-order valence-corrected chi connectivity index (χ4v) is 11.2. The van der Waals surface area contributed by atoms with Crippen molar-refractivity contribution >= 4 is 171 Å². The van der Waals surface area contributed by atoms with E-state index in [2.05, 4.69) is 110 Å². The van der Waals surface area contributed by atoms with Crippen LogP contribution < -0.4 is 10.6 Å². The molecule has 40 heavy (non-hydrogen) atoms. The third kappa shape index (κ3) is 14.1. The van der Waals surface area contributed by atoms with Gasteiger partial charge >= 0.3 is 23.9 Å². The van der Waals surface area contributed by atoms with E-state index in [4.69, 9.17) is 20.4 Å². The first-order chi connectivity index (χ1) is 18.6. The Balaban J connectivity index is 0.000000573. The van der Waals surface area contributed by atoms with E-state index in [0.717, 1.165) is 32.8 Å². The molecule has 0 atom stereocenters. The first-order valence-electron chi connectivity index (χ1n) is 10.4. The summed E-state index contributed by atoms with van der Waals surface area (Å²) in [4.78, 5) is 41.7. The Labute approximate surface area is 311 Å². The van der Waals surface area contributed by atoms with Gasteiger partial charge in [-0.15, -0.1) is 0 Å². The molecule has 0 heterocycles. The van der Waals surface area contributed by atoms with Crippen LogP contribution in [0.2, 0.25) is 0 Å². The largest absolute Gasteiger partial charge is 0.480 e. The molecule has 0 amide bonds. The molecule has 0 aliphatic carbocycles. The van der Waals surface area contributed by atoms with Crippen LogP contribution in [0, 0.1) is 21.4 Å². The number of hydrogen-bond acceptors (Lipinski definition) is 8. The number of carbonyl (C=O) groups is 4. The first kappa shape index (κ1) is 40.2. The Morgan fingerprint density at radius 3 is 1.15 bits per heavy atom. The number of nitrogens with one attached hydrogen (secondary N) is 2. The van der Waals surface area contributed by atoms with E-state index in [1.54, 1.807) is 14.1 Å². The average Bonchev–Trinajstić information content (AvgIpc) is 2.81. The Hall–Kier alpha value is 0.220. The maximum absolute atomic E-state index is 11.0. The molecule has 0 aliphatic heterocycles. The van der Waals surface area contributed by atoms with E-state index in [0.29, 0.717) is 11.1 Å². The van der Waals surface area contributed by atoms with Gasteiger partial charge < -0.3 is 40.5 Å². The summed E-state index contributed by atoms with van der Waals surface area (Å²) in [5.74, 6) is -3.89. The lowest BCUT2D eigenvalue weighted by Gasteiger charge is -2.11. The van der Waals surface area contributed by atoms with Crippen molar-refractivity contribution in [1.82, 2.24) is 0 Å². The number of benzene rings is 2. The molecule has 0 saturated heterocycles. The van der Waals surface area contributed by atoms with E-state index in [1.807, 2.05) is 57.3 Å². The highest BCUT2D eigenvalue weighted by Gasteiger charge is 2.19. The topological polar surface area (TPSA) is 192 Å². The van der Waals surface area contributed by atoms with E-state index >= 15 is 0 Å². The third-order valence-corrected chi connectivity index (χ3v) is 9.65. The van der Waals surface area contributed by atoms with Crippen molar-refractivity contribution in [2.75, 3.05) is 51.2 Å². The summed E-state index contributed by atoms with van der Waals surface area (Å²) in [6.45, 7) is -0.619.